The third-order valence-electron chi connectivity index (χ3n) is 2.27. The van der Waals surface area contributed by atoms with Crippen LogP contribution in [0.3, 0.4) is 0 Å². The van der Waals surface area contributed by atoms with Gasteiger partial charge in [-0.25, -0.2) is 4.48 Å². The van der Waals surface area contributed by atoms with E-state index in [-0.39, 0.29) is 4.48 Å². The van der Waals surface area contributed by atoms with Crippen molar-refractivity contribution in [1.29, 1.82) is 5.26 Å². The van der Waals surface area contributed by atoms with Gasteiger partial charge < -0.3 is 0 Å². The van der Waals surface area contributed by atoms with E-state index in [1.807, 2.05) is 38.4 Å². The molecule has 0 saturated carbocycles. The first-order chi connectivity index (χ1) is 5.96. The van der Waals surface area contributed by atoms with Crippen LogP contribution in [0.1, 0.15) is 13.8 Å². The molecule has 0 fully saturated rings. The smallest absolute Gasteiger partial charge is 0.208 e. The molecular weight excluding hydrogens is 200 g/mol. The van der Waals surface area contributed by atoms with Gasteiger partial charge in [-0.1, -0.05) is 12.6 Å². The molecule has 0 N–H and O–H groups in total. The van der Waals surface area contributed by atoms with Crippen LogP contribution in [0.4, 0.5) is 0 Å². The maximum atomic E-state index is 9.04. The van der Waals surface area contributed by atoms with Crippen LogP contribution in [0.15, 0.2) is 24.6 Å². The first-order valence-electron chi connectivity index (χ1n) is 3.86. The molecular formula is C9H11N2S2+. The molecule has 0 spiro atoms. The number of thiol groups is 1. The van der Waals surface area contributed by atoms with Crippen molar-refractivity contribution in [1.82, 2.24) is 0 Å². The molecule has 68 valence electrons. The predicted molar refractivity (Wildman–Crippen MR) is 59.8 cm³/mol. The Labute approximate surface area is 89.1 Å². The van der Waals surface area contributed by atoms with E-state index < -0.39 is 5.54 Å². The highest BCUT2D eigenvalue weighted by Gasteiger charge is 2.45. The molecule has 2 nitrogen and oxygen atoms in total. The molecule has 1 aliphatic heterocycles. The van der Waals surface area contributed by atoms with Gasteiger partial charge in [0, 0.05) is 13.8 Å². The average molecular weight is 211 g/mol. The van der Waals surface area contributed by atoms with Crippen LogP contribution in [0.25, 0.3) is 0 Å². The molecule has 0 aromatic rings. The second kappa shape index (κ2) is 3.26. The lowest BCUT2D eigenvalue weighted by molar-refractivity contribution is -0.769. The SMILES string of the molecule is CC(C)(C#N)[N+]1(C(=S)S)C=CC=C1. The molecule has 0 bridgehead atoms. The third kappa shape index (κ3) is 1.44. The lowest BCUT2D eigenvalue weighted by Crippen LogP contribution is -2.54. The Bertz CT molecular complexity index is 322. The Kier molecular flexibility index (Phi) is 2.62. The zero-order chi connectivity index (χ0) is 10.1. The minimum Gasteiger partial charge on any atom is -0.208 e. The van der Waals surface area contributed by atoms with Gasteiger partial charge in [-0.2, -0.15) is 5.26 Å². The molecule has 0 saturated heterocycles. The molecule has 0 aliphatic carbocycles. The van der Waals surface area contributed by atoms with Crippen LogP contribution in [0.5, 0.6) is 0 Å². The summed E-state index contributed by atoms with van der Waals surface area (Å²) in [6, 6.07) is 2.24. The summed E-state index contributed by atoms with van der Waals surface area (Å²) in [5.41, 5.74) is -0.609. The van der Waals surface area contributed by atoms with E-state index in [9.17, 15) is 0 Å². The number of rotatable bonds is 1. The lowest BCUT2D eigenvalue weighted by atomic mass is 10.0. The van der Waals surface area contributed by atoms with Gasteiger partial charge in [-0.3, -0.25) is 0 Å². The maximum Gasteiger partial charge on any atom is 0.240 e. The quantitative estimate of drug-likeness (QED) is 0.409. The Morgan fingerprint density at radius 2 is 1.92 bits per heavy atom. The van der Waals surface area contributed by atoms with E-state index in [1.54, 1.807) is 0 Å². The molecule has 0 aromatic carbocycles. The van der Waals surface area contributed by atoms with Gasteiger partial charge in [0.15, 0.2) is 5.54 Å². The van der Waals surface area contributed by atoms with Crippen LogP contribution < -0.4 is 0 Å². The number of nitrogens with zero attached hydrogens (tertiary/aromatic N) is 2. The van der Waals surface area contributed by atoms with Gasteiger partial charge in [0.25, 0.3) is 0 Å². The zero-order valence-corrected chi connectivity index (χ0v) is 9.27. The van der Waals surface area contributed by atoms with Crippen LogP contribution in [0, 0.1) is 11.3 Å². The third-order valence-corrected chi connectivity index (χ3v) is 2.90. The second-order valence-corrected chi connectivity index (χ2v) is 4.53. The Hall–Kier alpha value is -0.630. The van der Waals surface area contributed by atoms with Crippen molar-refractivity contribution in [3.05, 3.63) is 24.6 Å². The summed E-state index contributed by atoms with van der Waals surface area (Å²) < 4.78 is 0.707. The molecule has 13 heavy (non-hydrogen) atoms. The number of hydrogen-bond donors (Lipinski definition) is 1. The molecule has 1 rings (SSSR count). The normalized spacial score (nSPS) is 18.6. The Morgan fingerprint density at radius 1 is 1.46 bits per heavy atom. The fourth-order valence-corrected chi connectivity index (χ4v) is 1.98. The fourth-order valence-electron chi connectivity index (χ4n) is 1.24. The number of allylic oxidation sites excluding steroid dienone is 2. The van der Waals surface area contributed by atoms with Crippen LogP contribution in [-0.4, -0.2) is 14.3 Å². The topological polar surface area (TPSA) is 23.8 Å². The first-order valence-corrected chi connectivity index (χ1v) is 4.72. The van der Waals surface area contributed by atoms with Gasteiger partial charge in [-0.05, 0) is 24.4 Å². The molecule has 1 heterocycles. The molecule has 4 heteroatoms. The summed E-state index contributed by atoms with van der Waals surface area (Å²) in [7, 11) is 0. The fraction of sp³-hybridized carbons (Fsp3) is 0.333. The summed E-state index contributed by atoms with van der Waals surface area (Å²) in [6.07, 6.45) is 7.50. The standard InChI is InChI=1S/C9H10N2S2/c1-9(2,7-10)11(8(12)13)5-3-4-6-11/h3-6H,1-2H3/p+1. The highest BCUT2D eigenvalue weighted by Crippen LogP contribution is 2.31. The van der Waals surface area contributed by atoms with Gasteiger partial charge in [0.05, 0.1) is 0 Å². The molecule has 0 aromatic heterocycles. The summed E-state index contributed by atoms with van der Waals surface area (Å²) in [4.78, 5) is 0. The highest BCUT2D eigenvalue weighted by atomic mass is 32.1. The molecule has 0 amide bonds. The van der Waals surface area contributed by atoms with Crippen molar-refractivity contribution in [3.63, 3.8) is 0 Å². The molecule has 0 unspecified atom stereocenters. The number of thiocarbonyl (C=S) groups is 1. The van der Waals surface area contributed by atoms with E-state index in [0.717, 1.165) is 0 Å². The van der Waals surface area contributed by atoms with Gasteiger partial charge in [0.2, 0.25) is 4.32 Å². The van der Waals surface area contributed by atoms with Crippen LogP contribution >= 0.6 is 24.8 Å². The van der Waals surface area contributed by atoms with E-state index in [2.05, 4.69) is 18.7 Å². The van der Waals surface area contributed by atoms with Crippen molar-refractivity contribution in [2.75, 3.05) is 0 Å². The number of nitriles is 1. The predicted octanol–water partition coefficient (Wildman–Crippen LogP) is 2.36. The Balaban J connectivity index is 3.24. The monoisotopic (exact) mass is 211 g/mol. The average Bonchev–Trinajstić information content (AvgIpc) is 2.53. The number of hydrogen-bond acceptors (Lipinski definition) is 2. The summed E-state index contributed by atoms with van der Waals surface area (Å²) in [5.74, 6) is 0. The maximum absolute atomic E-state index is 9.04. The van der Waals surface area contributed by atoms with E-state index in [0.29, 0.717) is 4.32 Å². The van der Waals surface area contributed by atoms with Crippen molar-refractivity contribution < 1.29 is 4.48 Å². The van der Waals surface area contributed by atoms with E-state index in [1.165, 1.54) is 0 Å². The van der Waals surface area contributed by atoms with Crippen molar-refractivity contribution in [2.45, 2.75) is 19.4 Å². The minimum absolute atomic E-state index is 0.224. The van der Waals surface area contributed by atoms with Gasteiger partial charge >= 0.3 is 0 Å². The second-order valence-electron chi connectivity index (χ2n) is 3.41. The summed E-state index contributed by atoms with van der Waals surface area (Å²) >= 11 is 9.24. The molecule has 1 aliphatic rings. The molecule has 0 radical (unpaired) electrons. The Morgan fingerprint density at radius 3 is 2.23 bits per heavy atom. The van der Waals surface area contributed by atoms with E-state index >= 15 is 0 Å². The largest absolute Gasteiger partial charge is 0.240 e. The van der Waals surface area contributed by atoms with Crippen LogP contribution in [-0.2, 0) is 0 Å². The van der Waals surface area contributed by atoms with Gasteiger partial charge in [-0.15, -0.1) is 0 Å². The van der Waals surface area contributed by atoms with Crippen molar-refractivity contribution in [2.24, 2.45) is 0 Å². The zero-order valence-electron chi connectivity index (χ0n) is 7.56. The molecule has 0 atom stereocenters. The number of quaternary nitrogens is 1. The first kappa shape index (κ1) is 10.5. The summed E-state index contributed by atoms with van der Waals surface area (Å²) in [5, 5.41) is 9.04. The lowest BCUT2D eigenvalue weighted by Gasteiger charge is -2.36. The van der Waals surface area contributed by atoms with Crippen molar-refractivity contribution >= 4 is 29.2 Å². The van der Waals surface area contributed by atoms with Crippen LogP contribution in [0.2, 0.25) is 0 Å². The summed E-state index contributed by atoms with van der Waals surface area (Å²) in [6.45, 7) is 3.69. The minimum atomic E-state index is -0.609. The van der Waals surface area contributed by atoms with E-state index in [4.69, 9.17) is 17.5 Å². The van der Waals surface area contributed by atoms with Gasteiger partial charge in [0.1, 0.15) is 18.5 Å². The highest BCUT2D eigenvalue weighted by molar-refractivity contribution is 8.10. The van der Waals surface area contributed by atoms with Crippen molar-refractivity contribution in [3.8, 4) is 6.07 Å².